The van der Waals surface area contributed by atoms with Gasteiger partial charge in [-0.1, -0.05) is 16.8 Å². The molecule has 0 spiro atoms. The fourth-order valence-electron chi connectivity index (χ4n) is 2.16. The summed E-state index contributed by atoms with van der Waals surface area (Å²) in [6.07, 6.45) is -3.31. The number of aliphatic imine (C=N–C) groups is 2. The fraction of sp³-hybridized carbons (Fsp3) is 0.333. The zero-order valence-corrected chi connectivity index (χ0v) is 19.2. The van der Waals surface area contributed by atoms with Crippen molar-refractivity contribution >= 4 is 35.1 Å². The first-order chi connectivity index (χ1) is 16.9. The number of carbonyl (C=O) groups is 1. The molecule has 18 heteroatoms. The summed E-state index contributed by atoms with van der Waals surface area (Å²) in [5, 5.41) is 38.1. The van der Waals surface area contributed by atoms with E-state index in [9.17, 15) is 22.8 Å². The van der Waals surface area contributed by atoms with Gasteiger partial charge in [-0.3, -0.25) is 16.0 Å². The van der Waals surface area contributed by atoms with E-state index in [2.05, 4.69) is 30.9 Å². The molecular weight excluding hydrogens is 520 g/mol. The van der Waals surface area contributed by atoms with E-state index in [0.717, 1.165) is 6.07 Å². The number of nitriles is 1. The number of halogens is 5. The third-order valence-electron chi connectivity index (χ3n) is 3.63. The smallest absolute Gasteiger partial charge is 0.475 e. The summed E-state index contributed by atoms with van der Waals surface area (Å²) in [7, 11) is 1.55. The number of amidine groups is 1. The van der Waals surface area contributed by atoms with Gasteiger partial charge in [0.05, 0.1) is 23.9 Å². The summed E-state index contributed by atoms with van der Waals surface area (Å²) in [5.74, 6) is -3.29. The Morgan fingerprint density at radius 2 is 2.06 bits per heavy atom. The van der Waals surface area contributed by atoms with Crippen molar-refractivity contribution in [2.75, 3.05) is 13.7 Å². The molecule has 196 valence electrons. The predicted octanol–water partition coefficient (Wildman–Crippen LogP) is 2.10. The van der Waals surface area contributed by atoms with E-state index < -0.39 is 18.0 Å². The second-order valence-electron chi connectivity index (χ2n) is 6.44. The van der Waals surface area contributed by atoms with Crippen molar-refractivity contribution in [1.82, 2.24) is 26.4 Å². The number of alkyl halides is 3. The molecule has 0 radical (unpaired) electrons. The van der Waals surface area contributed by atoms with Crippen LogP contribution in [0.3, 0.4) is 0 Å². The third-order valence-corrected chi connectivity index (χ3v) is 3.92. The molecule has 1 atom stereocenters. The van der Waals surface area contributed by atoms with Crippen LogP contribution >= 0.6 is 11.6 Å². The first-order valence-electron chi connectivity index (χ1n) is 9.43. The van der Waals surface area contributed by atoms with E-state index in [0.29, 0.717) is 6.61 Å². The molecule has 0 aliphatic rings. The Morgan fingerprint density at radius 1 is 1.39 bits per heavy atom. The van der Waals surface area contributed by atoms with E-state index in [1.165, 1.54) is 12.1 Å². The number of nitrogens with one attached hydrogen (secondary N) is 3. The maximum atomic E-state index is 13.3. The standard InChI is InChI=1S/C16H18ClFN8O3.C2HF3O2/c1-9(7-28-2)22-16(21-8-19)20-6-13-14(26-29-25-13)15(24-27)23-10-3-4-12(18)11(17)5-10;3-2(4,5)1(6)7/h3-5,9,27H,6-7H2,1-2H3,(H,23,24)(H2,20,21,22);(H,6,7). The van der Waals surface area contributed by atoms with Gasteiger partial charge < -0.3 is 15.2 Å². The van der Waals surface area contributed by atoms with Crippen molar-refractivity contribution < 1.29 is 42.0 Å². The summed E-state index contributed by atoms with van der Waals surface area (Å²) >= 11 is 5.73. The summed E-state index contributed by atoms with van der Waals surface area (Å²) < 4.78 is 54.8. The van der Waals surface area contributed by atoms with Crippen LogP contribution in [0.4, 0.5) is 23.2 Å². The molecule has 2 rings (SSSR count). The van der Waals surface area contributed by atoms with E-state index in [-0.39, 0.29) is 46.5 Å². The average Bonchev–Trinajstić information content (AvgIpc) is 3.26. The number of aromatic nitrogens is 2. The summed E-state index contributed by atoms with van der Waals surface area (Å²) in [6.45, 7) is 2.18. The lowest BCUT2D eigenvalue weighted by Gasteiger charge is -2.14. The first kappa shape index (κ1) is 30.0. The van der Waals surface area contributed by atoms with Crippen molar-refractivity contribution in [3.8, 4) is 6.19 Å². The molecule has 1 unspecified atom stereocenters. The Hall–Kier alpha value is -4.01. The highest BCUT2D eigenvalue weighted by Gasteiger charge is 2.38. The minimum Gasteiger partial charge on any atom is -0.475 e. The Kier molecular flexibility index (Phi) is 12.0. The molecule has 0 amide bonds. The van der Waals surface area contributed by atoms with Gasteiger partial charge in [-0.2, -0.15) is 18.4 Å². The van der Waals surface area contributed by atoms with Gasteiger partial charge in [0.25, 0.3) is 0 Å². The first-order valence-corrected chi connectivity index (χ1v) is 9.81. The summed E-state index contributed by atoms with van der Waals surface area (Å²) in [5.41, 5.74) is 2.43. The van der Waals surface area contributed by atoms with E-state index >= 15 is 0 Å². The Morgan fingerprint density at radius 3 is 2.58 bits per heavy atom. The minimum atomic E-state index is -5.08. The highest BCUT2D eigenvalue weighted by atomic mass is 35.5. The van der Waals surface area contributed by atoms with Crippen LogP contribution in [-0.4, -0.2) is 64.3 Å². The quantitative estimate of drug-likeness (QED) is 0.0866. The Labute approximate surface area is 205 Å². The molecule has 2 aromatic rings. The van der Waals surface area contributed by atoms with Gasteiger partial charge in [0.2, 0.25) is 5.96 Å². The molecule has 1 aromatic carbocycles. The lowest BCUT2D eigenvalue weighted by atomic mass is 10.3. The molecule has 0 fully saturated rings. The second kappa shape index (κ2) is 14.4. The third kappa shape index (κ3) is 10.1. The monoisotopic (exact) mass is 538 g/mol. The SMILES string of the molecule is COCC(C)NC(=NCc1nonc1C(=Nc1ccc(F)c(Cl)c1)NO)NC#N.O=C(O)C(F)(F)F. The number of hydroxylamine groups is 1. The molecule has 1 heterocycles. The molecule has 36 heavy (non-hydrogen) atoms. The van der Waals surface area contributed by atoms with Gasteiger partial charge in [0.1, 0.15) is 11.5 Å². The van der Waals surface area contributed by atoms with Crippen LogP contribution in [0.2, 0.25) is 5.02 Å². The molecule has 13 nitrogen and oxygen atoms in total. The van der Waals surface area contributed by atoms with Crippen LogP contribution in [0.15, 0.2) is 32.8 Å². The number of hydrogen-bond acceptors (Lipinski definition) is 9. The van der Waals surface area contributed by atoms with Gasteiger partial charge in [-0.15, -0.1) is 0 Å². The zero-order chi connectivity index (χ0) is 27.3. The number of methoxy groups -OCH3 is 1. The van der Waals surface area contributed by atoms with Crippen LogP contribution in [0.25, 0.3) is 0 Å². The number of guanidine groups is 1. The van der Waals surface area contributed by atoms with Crippen molar-refractivity contribution in [2.24, 2.45) is 9.98 Å². The topological polar surface area (TPSA) is 190 Å². The van der Waals surface area contributed by atoms with Gasteiger partial charge in [-0.25, -0.2) is 23.8 Å². The lowest BCUT2D eigenvalue weighted by molar-refractivity contribution is -0.192. The summed E-state index contributed by atoms with van der Waals surface area (Å²) in [4.78, 5) is 17.2. The minimum absolute atomic E-state index is 0.0551. The molecule has 0 aliphatic heterocycles. The van der Waals surface area contributed by atoms with Gasteiger partial charge >= 0.3 is 12.1 Å². The van der Waals surface area contributed by atoms with E-state index in [1.807, 2.05) is 12.4 Å². The second-order valence-corrected chi connectivity index (χ2v) is 6.84. The van der Waals surface area contributed by atoms with Crippen LogP contribution in [0, 0.1) is 17.3 Å². The lowest BCUT2D eigenvalue weighted by Crippen LogP contribution is -2.42. The van der Waals surface area contributed by atoms with Crippen molar-refractivity contribution in [2.45, 2.75) is 25.7 Å². The largest absolute Gasteiger partial charge is 0.490 e. The highest BCUT2D eigenvalue weighted by Crippen LogP contribution is 2.22. The van der Waals surface area contributed by atoms with E-state index in [4.69, 9.17) is 36.1 Å². The maximum absolute atomic E-state index is 13.3. The van der Waals surface area contributed by atoms with Gasteiger partial charge in [-0.05, 0) is 30.3 Å². The number of nitrogens with zero attached hydrogens (tertiary/aromatic N) is 5. The number of carboxylic acids is 1. The molecule has 5 N–H and O–H groups in total. The van der Waals surface area contributed by atoms with Crippen LogP contribution in [0.1, 0.15) is 18.3 Å². The Bertz CT molecular complexity index is 1120. The van der Waals surface area contributed by atoms with Gasteiger partial charge in [0, 0.05) is 13.2 Å². The zero-order valence-electron chi connectivity index (χ0n) is 18.5. The summed E-state index contributed by atoms with van der Waals surface area (Å²) in [6, 6.07) is 3.65. The van der Waals surface area contributed by atoms with Crippen molar-refractivity contribution in [3.63, 3.8) is 0 Å². The number of rotatable bonds is 7. The number of carboxylic acid groups (broad SMARTS) is 1. The number of hydrogen-bond donors (Lipinski definition) is 5. The van der Waals surface area contributed by atoms with E-state index in [1.54, 1.807) is 13.3 Å². The van der Waals surface area contributed by atoms with Crippen molar-refractivity contribution in [3.05, 3.63) is 40.4 Å². The van der Waals surface area contributed by atoms with Crippen LogP contribution in [0.5, 0.6) is 0 Å². The molecule has 0 aliphatic carbocycles. The number of aliphatic carboxylic acids is 1. The predicted molar refractivity (Wildman–Crippen MR) is 115 cm³/mol. The number of ether oxygens (including phenoxy) is 1. The van der Waals surface area contributed by atoms with Crippen molar-refractivity contribution in [1.29, 1.82) is 5.26 Å². The van der Waals surface area contributed by atoms with Crippen LogP contribution < -0.4 is 16.1 Å². The van der Waals surface area contributed by atoms with Crippen LogP contribution in [-0.2, 0) is 16.1 Å². The fourth-order valence-corrected chi connectivity index (χ4v) is 2.33. The molecule has 1 aromatic heterocycles. The molecule has 0 saturated carbocycles. The number of benzene rings is 1. The maximum Gasteiger partial charge on any atom is 0.490 e. The highest BCUT2D eigenvalue weighted by molar-refractivity contribution is 6.31. The molecule has 0 bridgehead atoms. The Balaban J connectivity index is 0.000000809. The molecular formula is C18H19ClF4N8O5. The molecule has 0 saturated heterocycles. The average molecular weight is 539 g/mol. The normalized spacial score (nSPS) is 12.6. The van der Waals surface area contributed by atoms with Gasteiger partial charge in [0.15, 0.2) is 17.7 Å².